The molecule has 1 N–H and O–H groups in total. The number of benzene rings is 1. The summed E-state index contributed by atoms with van der Waals surface area (Å²) < 4.78 is 5.17. The Morgan fingerprint density at radius 1 is 1.14 bits per heavy atom. The van der Waals surface area contributed by atoms with Crippen LogP contribution in [0.4, 0.5) is 0 Å². The number of amides is 3. The van der Waals surface area contributed by atoms with Crippen LogP contribution in [0.2, 0.25) is 0 Å². The smallest absolute Gasteiger partial charge is 0.246 e. The van der Waals surface area contributed by atoms with E-state index in [2.05, 4.69) is 15.5 Å². The highest BCUT2D eigenvalue weighted by Gasteiger charge is 2.46. The first-order valence-corrected chi connectivity index (χ1v) is 9.69. The maximum absolute atomic E-state index is 12.4. The molecule has 1 aromatic carbocycles. The molecule has 2 aromatic rings. The van der Waals surface area contributed by atoms with Gasteiger partial charge in [0.2, 0.25) is 29.4 Å². The summed E-state index contributed by atoms with van der Waals surface area (Å²) >= 11 is 0. The van der Waals surface area contributed by atoms with Gasteiger partial charge in [-0.1, -0.05) is 47.1 Å². The number of aromatic nitrogens is 2. The fourth-order valence-electron chi connectivity index (χ4n) is 3.71. The summed E-state index contributed by atoms with van der Waals surface area (Å²) in [7, 11) is 0. The number of likely N-dealkylation sites (tertiary alicyclic amines) is 1. The number of hydrogen-bond acceptors (Lipinski definition) is 6. The minimum atomic E-state index is -0.284. The molecule has 4 rings (SSSR count). The molecule has 1 fully saturated rings. The van der Waals surface area contributed by atoms with Gasteiger partial charge in [-0.3, -0.25) is 19.3 Å². The molecule has 0 spiro atoms. The van der Waals surface area contributed by atoms with Crippen molar-refractivity contribution in [3.05, 3.63) is 47.9 Å². The van der Waals surface area contributed by atoms with E-state index in [1.165, 1.54) is 4.90 Å². The number of fused-ring (bicyclic) bond motifs is 1. The average Bonchev–Trinajstić information content (AvgIpc) is 3.30. The van der Waals surface area contributed by atoms with Gasteiger partial charge in [-0.15, -0.1) is 0 Å². The summed E-state index contributed by atoms with van der Waals surface area (Å²) in [6, 6.07) is 7.72. The number of carbonyl (C=O) groups is 3. The molecule has 8 heteroatoms. The van der Waals surface area contributed by atoms with Gasteiger partial charge >= 0.3 is 0 Å². The highest BCUT2D eigenvalue weighted by molar-refractivity contribution is 6.05. The average molecular weight is 394 g/mol. The maximum Gasteiger partial charge on any atom is 0.246 e. The van der Waals surface area contributed by atoms with E-state index in [1.807, 2.05) is 43.3 Å². The van der Waals surface area contributed by atoms with Crippen molar-refractivity contribution in [2.24, 2.45) is 11.8 Å². The molecule has 1 aliphatic carbocycles. The van der Waals surface area contributed by atoms with Gasteiger partial charge in [-0.05, 0) is 19.8 Å². The third kappa shape index (κ3) is 3.96. The van der Waals surface area contributed by atoms with Crippen molar-refractivity contribution in [2.45, 2.75) is 32.7 Å². The Labute approximate surface area is 168 Å². The number of imide groups is 1. The lowest BCUT2D eigenvalue weighted by Gasteiger charge is -2.14. The van der Waals surface area contributed by atoms with Crippen molar-refractivity contribution in [2.75, 3.05) is 6.54 Å². The first-order valence-electron chi connectivity index (χ1n) is 9.69. The predicted octanol–water partition coefficient (Wildman–Crippen LogP) is 2.00. The van der Waals surface area contributed by atoms with Crippen molar-refractivity contribution in [3.63, 3.8) is 0 Å². The van der Waals surface area contributed by atoms with Gasteiger partial charge in [0.05, 0.1) is 18.4 Å². The van der Waals surface area contributed by atoms with Crippen LogP contribution in [0.15, 0.2) is 40.9 Å². The third-order valence-electron chi connectivity index (χ3n) is 5.38. The second kappa shape index (κ2) is 7.98. The van der Waals surface area contributed by atoms with Gasteiger partial charge in [0.15, 0.2) is 0 Å². The number of nitrogens with one attached hydrogen (secondary N) is 1. The Hall–Kier alpha value is -3.29. The van der Waals surface area contributed by atoms with Crippen LogP contribution in [0.5, 0.6) is 0 Å². The monoisotopic (exact) mass is 394 g/mol. The molecule has 1 aromatic heterocycles. The molecule has 1 saturated heterocycles. The first kappa shape index (κ1) is 19.0. The lowest BCUT2D eigenvalue weighted by molar-refractivity contribution is -0.140. The van der Waals surface area contributed by atoms with Crippen LogP contribution in [0.25, 0.3) is 11.4 Å². The Morgan fingerprint density at radius 2 is 1.79 bits per heavy atom. The van der Waals surface area contributed by atoms with E-state index in [0.29, 0.717) is 24.6 Å². The number of nitrogens with zero attached hydrogens (tertiary/aromatic N) is 3. The molecule has 2 atom stereocenters. The van der Waals surface area contributed by atoms with Gasteiger partial charge in [0, 0.05) is 18.5 Å². The lowest BCUT2D eigenvalue weighted by atomic mass is 9.85. The van der Waals surface area contributed by atoms with Crippen LogP contribution in [-0.2, 0) is 20.9 Å². The van der Waals surface area contributed by atoms with E-state index in [0.717, 1.165) is 11.1 Å². The molecule has 29 heavy (non-hydrogen) atoms. The first-order chi connectivity index (χ1) is 14.0. The largest absolute Gasteiger partial charge is 0.347 e. The molecule has 8 nitrogen and oxygen atoms in total. The highest BCUT2D eigenvalue weighted by atomic mass is 16.5. The molecular formula is C21H22N4O4. The van der Waals surface area contributed by atoms with Crippen LogP contribution < -0.4 is 5.32 Å². The Balaban J connectivity index is 1.27. The summed E-state index contributed by atoms with van der Waals surface area (Å²) in [6.45, 7) is 2.18. The predicted molar refractivity (Wildman–Crippen MR) is 103 cm³/mol. The van der Waals surface area contributed by atoms with Crippen molar-refractivity contribution in [1.82, 2.24) is 20.4 Å². The lowest BCUT2D eigenvalue weighted by Crippen LogP contribution is -2.35. The number of allylic oxidation sites excluding steroid dienone is 2. The molecule has 1 aliphatic heterocycles. The van der Waals surface area contributed by atoms with Crippen molar-refractivity contribution in [1.29, 1.82) is 0 Å². The number of aryl methyl sites for hydroxylation is 1. The number of hydrogen-bond donors (Lipinski definition) is 1. The summed E-state index contributed by atoms with van der Waals surface area (Å²) in [5, 5.41) is 6.62. The molecule has 0 radical (unpaired) electrons. The van der Waals surface area contributed by atoms with Gasteiger partial charge < -0.3 is 9.84 Å². The summed E-state index contributed by atoms with van der Waals surface area (Å²) in [5.74, 6) is -0.413. The molecular weight excluding hydrogens is 372 g/mol. The normalized spacial score (nSPS) is 20.8. The molecule has 150 valence electrons. The zero-order valence-electron chi connectivity index (χ0n) is 16.1. The highest BCUT2D eigenvalue weighted by Crippen LogP contribution is 2.34. The van der Waals surface area contributed by atoms with Crippen LogP contribution in [0, 0.1) is 18.8 Å². The Kier molecular flexibility index (Phi) is 5.24. The molecule has 0 unspecified atom stereocenters. The summed E-state index contributed by atoms with van der Waals surface area (Å²) in [5.41, 5.74) is 1.97. The fraction of sp³-hybridized carbons (Fsp3) is 0.381. The molecule has 0 saturated carbocycles. The van der Waals surface area contributed by atoms with Gasteiger partial charge in [0.25, 0.3) is 0 Å². The fourth-order valence-corrected chi connectivity index (χ4v) is 3.71. The minimum Gasteiger partial charge on any atom is -0.347 e. The van der Waals surface area contributed by atoms with Crippen LogP contribution in [0.3, 0.4) is 0 Å². The zero-order chi connectivity index (χ0) is 20.4. The second-order valence-corrected chi connectivity index (χ2v) is 7.39. The van der Waals surface area contributed by atoms with E-state index in [4.69, 9.17) is 4.52 Å². The SMILES string of the molecule is Cc1ccc(-c2noc(CNC(=O)CCN3C(=O)[C@H]4CC=CC[C@@H]4C3=O)n2)cc1. The van der Waals surface area contributed by atoms with E-state index < -0.39 is 0 Å². The van der Waals surface area contributed by atoms with Gasteiger partial charge in [0.1, 0.15) is 0 Å². The zero-order valence-corrected chi connectivity index (χ0v) is 16.1. The summed E-state index contributed by atoms with van der Waals surface area (Å²) in [6.07, 6.45) is 5.12. The second-order valence-electron chi connectivity index (χ2n) is 7.39. The summed E-state index contributed by atoms with van der Waals surface area (Å²) in [4.78, 5) is 42.5. The van der Waals surface area contributed by atoms with Crippen molar-refractivity contribution >= 4 is 17.7 Å². The van der Waals surface area contributed by atoms with E-state index in [-0.39, 0.29) is 49.1 Å². The minimum absolute atomic E-state index is 0.0449. The molecule has 0 bridgehead atoms. The van der Waals surface area contributed by atoms with E-state index in [1.54, 1.807) is 0 Å². The van der Waals surface area contributed by atoms with Crippen molar-refractivity contribution in [3.8, 4) is 11.4 Å². The number of carbonyl (C=O) groups excluding carboxylic acids is 3. The van der Waals surface area contributed by atoms with Crippen molar-refractivity contribution < 1.29 is 18.9 Å². The topological polar surface area (TPSA) is 105 Å². The van der Waals surface area contributed by atoms with Gasteiger partial charge in [-0.2, -0.15) is 4.98 Å². The van der Waals surface area contributed by atoms with Crippen LogP contribution in [0.1, 0.15) is 30.7 Å². The van der Waals surface area contributed by atoms with Gasteiger partial charge in [-0.25, -0.2) is 0 Å². The number of rotatable bonds is 6. The standard InChI is InChI=1S/C21H22N4O4/c1-13-6-8-14(9-7-13)19-23-18(29-24-19)12-22-17(26)10-11-25-20(27)15-4-2-3-5-16(15)21(25)28/h2-3,6-9,15-16H,4-5,10-12H2,1H3,(H,22,26)/t15-,16-/m0/s1. The van der Waals surface area contributed by atoms with Crippen LogP contribution >= 0.6 is 0 Å². The Morgan fingerprint density at radius 3 is 2.45 bits per heavy atom. The molecule has 2 heterocycles. The maximum atomic E-state index is 12.4. The Bertz CT molecular complexity index is 937. The quantitative estimate of drug-likeness (QED) is 0.593. The van der Waals surface area contributed by atoms with E-state index in [9.17, 15) is 14.4 Å². The molecule has 2 aliphatic rings. The van der Waals surface area contributed by atoms with Crippen LogP contribution in [-0.4, -0.2) is 39.3 Å². The molecule has 3 amide bonds. The third-order valence-corrected chi connectivity index (χ3v) is 5.38. The van der Waals surface area contributed by atoms with E-state index >= 15 is 0 Å².